The first-order valence-electron chi connectivity index (χ1n) is 7.89. The van der Waals surface area contributed by atoms with Crippen LogP contribution in [0.3, 0.4) is 0 Å². The van der Waals surface area contributed by atoms with Gasteiger partial charge in [-0.2, -0.15) is 0 Å². The average Bonchev–Trinajstić information content (AvgIpc) is 3.03. The van der Waals surface area contributed by atoms with Gasteiger partial charge in [0.25, 0.3) is 0 Å². The number of hydrogen-bond acceptors (Lipinski definition) is 5. The summed E-state index contributed by atoms with van der Waals surface area (Å²) in [4.78, 5) is 10.7. The van der Waals surface area contributed by atoms with Crippen molar-refractivity contribution in [2.45, 2.75) is 32.0 Å². The van der Waals surface area contributed by atoms with E-state index in [9.17, 15) is 5.11 Å². The molecule has 3 rings (SSSR count). The molecule has 0 aliphatic carbocycles. The fourth-order valence-corrected chi connectivity index (χ4v) is 3.09. The highest BCUT2D eigenvalue weighted by Crippen LogP contribution is 2.21. The first-order valence-corrected chi connectivity index (χ1v) is 8.27. The minimum Gasteiger partial charge on any atom is -0.395 e. The van der Waals surface area contributed by atoms with Gasteiger partial charge in [-0.05, 0) is 30.5 Å². The molecule has 122 valence electrons. The van der Waals surface area contributed by atoms with Crippen molar-refractivity contribution in [3.8, 4) is 0 Å². The maximum atomic E-state index is 9.48. The van der Waals surface area contributed by atoms with Crippen LogP contribution in [0.4, 0.5) is 5.95 Å². The van der Waals surface area contributed by atoms with Crippen LogP contribution >= 0.6 is 11.6 Å². The molecule has 0 amide bonds. The zero-order chi connectivity index (χ0) is 16.1. The van der Waals surface area contributed by atoms with Gasteiger partial charge in [-0.15, -0.1) is 0 Å². The van der Waals surface area contributed by atoms with Crippen LogP contribution in [0, 0.1) is 0 Å². The minimum atomic E-state index is 0.235. The van der Waals surface area contributed by atoms with Gasteiger partial charge in [0.2, 0.25) is 5.95 Å². The minimum absolute atomic E-state index is 0.235. The maximum absolute atomic E-state index is 9.48. The van der Waals surface area contributed by atoms with Gasteiger partial charge in [0.05, 0.1) is 24.0 Å². The summed E-state index contributed by atoms with van der Waals surface area (Å²) in [7, 11) is 0. The van der Waals surface area contributed by atoms with Crippen molar-refractivity contribution in [3.63, 3.8) is 0 Å². The molecule has 1 unspecified atom stereocenters. The van der Waals surface area contributed by atoms with Crippen molar-refractivity contribution >= 4 is 17.5 Å². The van der Waals surface area contributed by atoms with Crippen LogP contribution in [0.2, 0.25) is 5.02 Å². The summed E-state index contributed by atoms with van der Waals surface area (Å²) in [5.74, 6) is 0.568. The topological polar surface area (TPSA) is 61.3 Å². The molecular formula is C17H21ClN4O. The molecule has 1 saturated heterocycles. The number of aliphatic hydroxyl groups is 1. The summed E-state index contributed by atoms with van der Waals surface area (Å²) in [6.07, 6.45) is 5.40. The van der Waals surface area contributed by atoms with Crippen molar-refractivity contribution in [2.24, 2.45) is 0 Å². The average molecular weight is 333 g/mol. The Morgan fingerprint density at radius 2 is 1.96 bits per heavy atom. The summed E-state index contributed by atoms with van der Waals surface area (Å²) in [5.41, 5.74) is 2.49. The Hall–Kier alpha value is -1.69. The van der Waals surface area contributed by atoms with E-state index in [0.29, 0.717) is 17.5 Å². The van der Waals surface area contributed by atoms with Crippen LogP contribution in [0.25, 0.3) is 0 Å². The normalized spacial score (nSPS) is 18.3. The number of benzene rings is 1. The maximum Gasteiger partial charge on any atom is 0.222 e. The van der Waals surface area contributed by atoms with E-state index in [2.05, 4.69) is 38.4 Å². The lowest BCUT2D eigenvalue weighted by molar-refractivity contribution is 0.153. The number of nitrogens with one attached hydrogen (secondary N) is 1. The first kappa shape index (κ1) is 16.2. The molecule has 1 aromatic heterocycles. The fourth-order valence-electron chi connectivity index (χ4n) is 2.99. The van der Waals surface area contributed by atoms with Crippen LogP contribution < -0.4 is 5.32 Å². The summed E-state index contributed by atoms with van der Waals surface area (Å²) in [6.45, 7) is 2.81. The molecule has 0 bridgehead atoms. The highest BCUT2D eigenvalue weighted by molar-refractivity contribution is 6.30. The van der Waals surface area contributed by atoms with E-state index in [1.54, 1.807) is 12.4 Å². The first-order chi connectivity index (χ1) is 11.3. The van der Waals surface area contributed by atoms with Gasteiger partial charge in [0, 0.05) is 19.1 Å². The molecule has 0 spiro atoms. The number of likely N-dealkylation sites (tertiary alicyclic amines) is 1. The molecule has 1 atom stereocenters. The second kappa shape index (κ2) is 7.73. The van der Waals surface area contributed by atoms with E-state index in [1.807, 2.05) is 6.07 Å². The van der Waals surface area contributed by atoms with Crippen molar-refractivity contribution < 1.29 is 5.11 Å². The van der Waals surface area contributed by atoms with E-state index < -0.39 is 0 Å². The number of anilines is 1. The summed E-state index contributed by atoms with van der Waals surface area (Å²) < 4.78 is 0. The van der Waals surface area contributed by atoms with Gasteiger partial charge in [-0.25, -0.2) is 9.97 Å². The zero-order valence-electron chi connectivity index (χ0n) is 13.0. The van der Waals surface area contributed by atoms with E-state index in [1.165, 1.54) is 11.1 Å². The number of hydrogen-bond donors (Lipinski definition) is 2. The highest BCUT2D eigenvalue weighted by atomic mass is 35.5. The van der Waals surface area contributed by atoms with E-state index >= 15 is 0 Å². The van der Waals surface area contributed by atoms with Gasteiger partial charge in [0.15, 0.2) is 0 Å². The van der Waals surface area contributed by atoms with Crippen LogP contribution in [-0.4, -0.2) is 39.2 Å². The van der Waals surface area contributed by atoms with Gasteiger partial charge in [-0.1, -0.05) is 35.9 Å². The van der Waals surface area contributed by atoms with E-state index in [-0.39, 0.29) is 12.6 Å². The van der Waals surface area contributed by atoms with E-state index in [4.69, 9.17) is 11.6 Å². The van der Waals surface area contributed by atoms with Crippen LogP contribution in [0.1, 0.15) is 24.0 Å². The van der Waals surface area contributed by atoms with Gasteiger partial charge >= 0.3 is 0 Å². The molecule has 2 heterocycles. The quantitative estimate of drug-likeness (QED) is 0.851. The van der Waals surface area contributed by atoms with Crippen LogP contribution in [-0.2, 0) is 13.1 Å². The Morgan fingerprint density at radius 3 is 2.70 bits per heavy atom. The molecule has 0 radical (unpaired) electrons. The molecule has 0 saturated carbocycles. The van der Waals surface area contributed by atoms with Gasteiger partial charge in [0.1, 0.15) is 0 Å². The Kier molecular flexibility index (Phi) is 5.43. The smallest absolute Gasteiger partial charge is 0.222 e. The number of halogens is 1. The molecular weight excluding hydrogens is 312 g/mol. The Bertz CT molecular complexity index is 635. The molecule has 1 aliphatic heterocycles. The predicted molar refractivity (Wildman–Crippen MR) is 91.3 cm³/mol. The molecule has 5 nitrogen and oxygen atoms in total. The standard InChI is InChI=1S/C17H21ClN4O/c18-15-9-20-17(21-10-15)19-8-13-4-1-2-5-14(13)11-22-7-3-6-16(22)12-23/h1-2,4-5,9-10,16,23H,3,6-8,11-12H2,(H,19,20,21). The molecule has 23 heavy (non-hydrogen) atoms. The van der Waals surface area contributed by atoms with Gasteiger partial charge in [-0.3, -0.25) is 4.90 Å². The lowest BCUT2D eigenvalue weighted by Gasteiger charge is -2.24. The third-order valence-electron chi connectivity index (χ3n) is 4.26. The van der Waals surface area contributed by atoms with E-state index in [0.717, 1.165) is 25.9 Å². The largest absolute Gasteiger partial charge is 0.395 e. The SMILES string of the molecule is OCC1CCCN1Cc1ccccc1CNc1ncc(Cl)cn1. The monoisotopic (exact) mass is 332 g/mol. The lowest BCUT2D eigenvalue weighted by Crippen LogP contribution is -2.32. The summed E-state index contributed by atoms with van der Waals surface area (Å²) in [5, 5.41) is 13.2. The number of rotatable bonds is 6. The third kappa shape index (κ3) is 4.19. The van der Waals surface area contributed by atoms with Crippen molar-refractivity contribution in [1.82, 2.24) is 14.9 Å². The van der Waals surface area contributed by atoms with Gasteiger partial charge < -0.3 is 10.4 Å². The molecule has 2 N–H and O–H groups in total. The highest BCUT2D eigenvalue weighted by Gasteiger charge is 2.24. The predicted octanol–water partition coefficient (Wildman–Crippen LogP) is 2.70. The molecule has 1 fully saturated rings. The summed E-state index contributed by atoms with van der Waals surface area (Å²) >= 11 is 5.80. The molecule has 2 aromatic rings. The second-order valence-electron chi connectivity index (χ2n) is 5.80. The number of aromatic nitrogens is 2. The zero-order valence-corrected chi connectivity index (χ0v) is 13.7. The van der Waals surface area contributed by atoms with Crippen molar-refractivity contribution in [3.05, 3.63) is 52.8 Å². The van der Waals surface area contributed by atoms with Crippen LogP contribution in [0.5, 0.6) is 0 Å². The van der Waals surface area contributed by atoms with Crippen molar-refractivity contribution in [1.29, 1.82) is 0 Å². The Labute approximate surface area is 141 Å². The summed E-state index contributed by atoms with van der Waals surface area (Å²) in [6, 6.07) is 8.64. The van der Waals surface area contributed by atoms with Crippen LogP contribution in [0.15, 0.2) is 36.7 Å². The Morgan fingerprint density at radius 1 is 1.22 bits per heavy atom. The van der Waals surface area contributed by atoms with Crippen molar-refractivity contribution in [2.75, 3.05) is 18.5 Å². The Balaban J connectivity index is 1.66. The number of aliphatic hydroxyl groups excluding tert-OH is 1. The molecule has 1 aliphatic rings. The molecule has 1 aromatic carbocycles. The lowest BCUT2D eigenvalue weighted by atomic mass is 10.1. The fraction of sp³-hybridized carbons (Fsp3) is 0.412. The second-order valence-corrected chi connectivity index (χ2v) is 6.23. The third-order valence-corrected chi connectivity index (χ3v) is 4.45. The molecule has 6 heteroatoms. The number of nitrogens with zero attached hydrogens (tertiary/aromatic N) is 3.